The molecule has 2 aromatic carbocycles. The Bertz CT molecular complexity index is 1560. The molecule has 3 heterocycles. The van der Waals surface area contributed by atoms with Gasteiger partial charge >= 0.3 is 0 Å². The number of hydrogen-bond acceptors (Lipinski definition) is 7. The van der Waals surface area contributed by atoms with Crippen molar-refractivity contribution < 1.29 is 9.15 Å². The number of benzene rings is 2. The van der Waals surface area contributed by atoms with Gasteiger partial charge in [0.1, 0.15) is 23.9 Å². The molecule has 8 nitrogen and oxygen atoms in total. The first-order chi connectivity index (χ1) is 18.8. The molecule has 0 spiro atoms. The minimum Gasteiger partial charge on any atom is -0.484 e. The highest BCUT2D eigenvalue weighted by atomic mass is 35.5. The average molecular weight is 626 g/mol. The Morgan fingerprint density at radius 2 is 1.69 bits per heavy atom. The number of hydrogen-bond donors (Lipinski definition) is 0. The summed E-state index contributed by atoms with van der Waals surface area (Å²) in [6, 6.07) is 13.9. The van der Waals surface area contributed by atoms with Gasteiger partial charge in [-0.1, -0.05) is 46.4 Å². The second kappa shape index (κ2) is 12.4. The number of furan rings is 1. The second-order valence-electron chi connectivity index (χ2n) is 9.01. The van der Waals surface area contributed by atoms with Crippen LogP contribution in [0.5, 0.6) is 5.75 Å². The molecule has 13 heteroatoms. The van der Waals surface area contributed by atoms with Crippen LogP contribution >= 0.6 is 58.6 Å². The normalized spacial score (nSPS) is 14.9. The Morgan fingerprint density at radius 3 is 2.41 bits per heavy atom. The van der Waals surface area contributed by atoms with Crippen LogP contribution in [0.2, 0.25) is 20.1 Å². The van der Waals surface area contributed by atoms with E-state index >= 15 is 0 Å². The van der Waals surface area contributed by atoms with E-state index in [0.717, 1.165) is 31.7 Å². The number of piperazine rings is 1. The fourth-order valence-corrected chi connectivity index (χ4v) is 5.24. The third kappa shape index (κ3) is 6.86. The number of aromatic nitrogens is 3. The minimum absolute atomic E-state index is 0.0852. The highest BCUT2D eigenvalue weighted by Gasteiger charge is 2.18. The lowest BCUT2D eigenvalue weighted by atomic mass is 10.2. The molecule has 1 saturated heterocycles. The number of ether oxygens (including phenoxy) is 1. The van der Waals surface area contributed by atoms with Crippen molar-refractivity contribution in [3.63, 3.8) is 0 Å². The van der Waals surface area contributed by atoms with Crippen LogP contribution in [0.3, 0.4) is 0 Å². The van der Waals surface area contributed by atoms with E-state index < -0.39 is 0 Å². The van der Waals surface area contributed by atoms with Crippen molar-refractivity contribution in [1.29, 1.82) is 0 Å². The van der Waals surface area contributed by atoms with Crippen molar-refractivity contribution in [2.75, 3.05) is 33.2 Å². The zero-order valence-electron chi connectivity index (χ0n) is 20.9. The molecule has 5 rings (SSSR count). The third-order valence-electron chi connectivity index (χ3n) is 6.19. The van der Waals surface area contributed by atoms with Crippen molar-refractivity contribution in [3.05, 3.63) is 85.0 Å². The summed E-state index contributed by atoms with van der Waals surface area (Å²) in [4.78, 5) is 4.59. The second-order valence-corrected chi connectivity index (χ2v) is 11.1. The Hall–Kier alpha value is -2.37. The molecule has 0 amide bonds. The average Bonchev–Trinajstić information content (AvgIpc) is 3.48. The van der Waals surface area contributed by atoms with Gasteiger partial charge in [-0.2, -0.15) is 9.78 Å². The number of likely N-dealkylation sites (N-methyl/N-ethyl adjacent to an activating group) is 1. The predicted molar refractivity (Wildman–Crippen MR) is 158 cm³/mol. The van der Waals surface area contributed by atoms with Gasteiger partial charge < -0.3 is 14.1 Å². The molecule has 39 heavy (non-hydrogen) atoms. The molecule has 0 aliphatic carbocycles. The zero-order chi connectivity index (χ0) is 27.5. The topological polar surface area (TPSA) is 64.0 Å². The Kier molecular flexibility index (Phi) is 8.98. The van der Waals surface area contributed by atoms with Crippen LogP contribution in [0.15, 0.2) is 58.0 Å². The molecule has 1 aliphatic rings. The van der Waals surface area contributed by atoms with Crippen LogP contribution in [-0.2, 0) is 13.3 Å². The summed E-state index contributed by atoms with van der Waals surface area (Å²) in [5.74, 6) is 2.08. The van der Waals surface area contributed by atoms with Gasteiger partial charge in [0.2, 0.25) is 4.77 Å². The van der Waals surface area contributed by atoms with Gasteiger partial charge in [-0.15, -0.1) is 5.10 Å². The van der Waals surface area contributed by atoms with Gasteiger partial charge in [-0.05, 0) is 67.8 Å². The molecule has 1 aliphatic heterocycles. The van der Waals surface area contributed by atoms with E-state index in [4.69, 9.17) is 72.9 Å². The summed E-state index contributed by atoms with van der Waals surface area (Å²) in [5, 5.41) is 11.3. The molecule has 0 unspecified atom stereocenters. The van der Waals surface area contributed by atoms with Crippen LogP contribution in [0.4, 0.5) is 0 Å². The van der Waals surface area contributed by atoms with E-state index in [9.17, 15) is 0 Å². The van der Waals surface area contributed by atoms with Crippen LogP contribution in [0.1, 0.15) is 11.6 Å². The van der Waals surface area contributed by atoms with Crippen molar-refractivity contribution in [3.8, 4) is 17.1 Å². The maximum atomic E-state index is 6.34. The van der Waals surface area contributed by atoms with Crippen LogP contribution < -0.4 is 4.74 Å². The molecule has 0 bridgehead atoms. The van der Waals surface area contributed by atoms with Gasteiger partial charge in [0.15, 0.2) is 5.82 Å². The summed E-state index contributed by atoms with van der Waals surface area (Å²) in [5.41, 5.74) is 0.728. The summed E-state index contributed by atoms with van der Waals surface area (Å²) in [6.45, 7) is 4.43. The first-order valence-corrected chi connectivity index (χ1v) is 14.0. The largest absolute Gasteiger partial charge is 0.484 e. The van der Waals surface area contributed by atoms with E-state index in [-0.39, 0.29) is 6.61 Å². The fourth-order valence-electron chi connectivity index (χ4n) is 4.03. The highest BCUT2D eigenvalue weighted by molar-refractivity contribution is 7.71. The smallest absolute Gasteiger partial charge is 0.220 e. The Balaban J connectivity index is 1.41. The van der Waals surface area contributed by atoms with Gasteiger partial charge in [-0.25, -0.2) is 4.68 Å². The molecule has 0 saturated carbocycles. The van der Waals surface area contributed by atoms with Crippen LogP contribution in [-0.4, -0.2) is 63.7 Å². The van der Waals surface area contributed by atoms with Gasteiger partial charge in [0, 0.05) is 41.8 Å². The predicted octanol–water partition coefficient (Wildman–Crippen LogP) is 6.95. The SMILES string of the molecule is CN1CCN(Cn2nc(COc3ccc(Cl)cc3Cl)n(/N=C/c3ccc(-c4ccc(Cl)cc4Cl)o3)c2=S)CC1. The summed E-state index contributed by atoms with van der Waals surface area (Å²) >= 11 is 30.4. The minimum atomic E-state index is 0.0852. The lowest BCUT2D eigenvalue weighted by Crippen LogP contribution is -2.45. The number of nitrogens with zero attached hydrogens (tertiary/aromatic N) is 6. The number of halogens is 4. The highest BCUT2D eigenvalue weighted by Crippen LogP contribution is 2.31. The van der Waals surface area contributed by atoms with E-state index in [1.165, 1.54) is 0 Å². The summed E-state index contributed by atoms with van der Waals surface area (Å²) in [7, 11) is 2.12. The first kappa shape index (κ1) is 28.2. The van der Waals surface area contributed by atoms with Crippen LogP contribution in [0, 0.1) is 4.77 Å². The van der Waals surface area contributed by atoms with Crippen molar-refractivity contribution in [1.82, 2.24) is 24.3 Å². The molecule has 0 atom stereocenters. The third-order valence-corrected chi connectivity index (χ3v) is 7.65. The summed E-state index contributed by atoms with van der Waals surface area (Å²) < 4.78 is 15.7. The maximum Gasteiger partial charge on any atom is 0.220 e. The quantitative estimate of drug-likeness (QED) is 0.156. The van der Waals surface area contributed by atoms with E-state index in [2.05, 4.69) is 21.9 Å². The zero-order valence-corrected chi connectivity index (χ0v) is 24.7. The van der Waals surface area contributed by atoms with Crippen molar-refractivity contribution in [2.45, 2.75) is 13.3 Å². The van der Waals surface area contributed by atoms with Crippen molar-refractivity contribution >= 4 is 64.8 Å². The molecule has 4 aromatic rings. The molecule has 0 radical (unpaired) electrons. The maximum absolute atomic E-state index is 6.34. The molecule has 2 aromatic heterocycles. The molecular formula is C26H24Cl4N6O2S. The molecular weight excluding hydrogens is 602 g/mol. The van der Waals surface area contributed by atoms with E-state index in [0.29, 0.717) is 54.6 Å². The van der Waals surface area contributed by atoms with E-state index in [1.54, 1.807) is 58.0 Å². The standard InChI is InChI=1S/C26H24Cl4N6O2S/c1-33-8-10-34(11-9-33)16-35-26(39)36(25(32-35)15-37-24-6-3-18(28)13-22(24)30)31-14-19-4-7-23(38-19)20-5-2-17(27)12-21(20)29/h2-7,12-14H,8-11,15-16H2,1H3/b31-14+. The Morgan fingerprint density at radius 1 is 0.974 bits per heavy atom. The van der Waals surface area contributed by atoms with Crippen molar-refractivity contribution in [2.24, 2.45) is 5.10 Å². The fraction of sp³-hybridized carbons (Fsp3) is 0.269. The van der Waals surface area contributed by atoms with Crippen LogP contribution in [0.25, 0.3) is 11.3 Å². The lowest BCUT2D eigenvalue weighted by Gasteiger charge is -2.31. The van der Waals surface area contributed by atoms with Gasteiger partial charge in [0.25, 0.3) is 0 Å². The Labute approximate surface area is 250 Å². The lowest BCUT2D eigenvalue weighted by molar-refractivity contribution is 0.118. The monoisotopic (exact) mass is 624 g/mol. The van der Waals surface area contributed by atoms with E-state index in [1.807, 2.05) is 6.07 Å². The van der Waals surface area contributed by atoms with Gasteiger partial charge in [-0.3, -0.25) is 4.90 Å². The number of rotatable bonds is 8. The summed E-state index contributed by atoms with van der Waals surface area (Å²) in [6.07, 6.45) is 1.57. The first-order valence-electron chi connectivity index (χ1n) is 12.0. The molecule has 204 valence electrons. The van der Waals surface area contributed by atoms with Gasteiger partial charge in [0.05, 0.1) is 22.9 Å². The molecule has 1 fully saturated rings. The molecule has 0 N–H and O–H groups in total.